The molecule has 3 unspecified atom stereocenters. The number of fused-ring (bicyclic) bond motifs is 1. The summed E-state index contributed by atoms with van der Waals surface area (Å²) in [5.74, 6) is -0.728. The molecule has 1 aromatic carbocycles. The number of amides is 2. The van der Waals surface area contributed by atoms with Crippen LogP contribution in [0.1, 0.15) is 21.8 Å². The van der Waals surface area contributed by atoms with Gasteiger partial charge in [0.2, 0.25) is 5.91 Å². The Balaban J connectivity index is 1.35. The molecule has 0 spiro atoms. The third-order valence-corrected chi connectivity index (χ3v) is 7.53. The molecule has 0 bridgehead atoms. The molecular formula is C23H21N3O4S2. The monoisotopic (exact) mass is 467 g/mol. The third kappa shape index (κ3) is 4.11. The van der Waals surface area contributed by atoms with Crippen LogP contribution >= 0.6 is 22.7 Å². The maximum Gasteiger partial charge on any atom is 0.271 e. The first kappa shape index (κ1) is 21.0. The van der Waals surface area contributed by atoms with E-state index in [0.717, 1.165) is 15.4 Å². The lowest BCUT2D eigenvalue weighted by atomic mass is 10.1. The Hall–Kier alpha value is -2.88. The minimum absolute atomic E-state index is 0.0438. The minimum Gasteiger partial charge on any atom is -0.368 e. The largest absolute Gasteiger partial charge is 0.368 e. The van der Waals surface area contributed by atoms with Gasteiger partial charge in [0.15, 0.2) is 5.78 Å². The molecule has 2 amide bonds. The van der Waals surface area contributed by atoms with Crippen LogP contribution in [0.15, 0.2) is 53.2 Å². The Morgan fingerprint density at radius 1 is 1.19 bits per heavy atom. The quantitative estimate of drug-likeness (QED) is 0.602. The molecule has 5 rings (SSSR count). The van der Waals surface area contributed by atoms with E-state index in [0.29, 0.717) is 19.4 Å². The summed E-state index contributed by atoms with van der Waals surface area (Å²) in [6.07, 6.45) is 0.756. The molecule has 164 valence electrons. The number of likely N-dealkylation sites (tertiary alicyclic amines) is 1. The number of rotatable bonds is 6. The predicted octanol–water partition coefficient (Wildman–Crippen LogP) is 2.78. The van der Waals surface area contributed by atoms with Crippen molar-refractivity contribution >= 4 is 40.3 Å². The Labute approximate surface area is 193 Å². The number of thiophene rings is 1. The number of carbonyl (C=O) groups is 3. The normalized spacial score (nSPS) is 20.9. The number of Topliss-reactive ketones (excluding diaryl/α,β-unsaturated/α-hetero) is 1. The number of hydrogen-bond acceptors (Lipinski definition) is 7. The topological polar surface area (TPSA) is 88.6 Å². The lowest BCUT2D eigenvalue weighted by Gasteiger charge is -2.27. The molecule has 3 atom stereocenters. The lowest BCUT2D eigenvalue weighted by molar-refractivity contribution is -0.138. The van der Waals surface area contributed by atoms with Gasteiger partial charge in [-0.3, -0.25) is 14.4 Å². The van der Waals surface area contributed by atoms with Gasteiger partial charge in [-0.2, -0.15) is 0 Å². The smallest absolute Gasteiger partial charge is 0.271 e. The molecule has 2 aliphatic rings. The standard InChI is InChI=1S/C23H21N3O4S2/c27-18-12-30-19-8-9-26(20(18)19)23(29)16(11-15-7-4-10-31-15)24-21(28)17-13-32-22(25-17)14-5-2-1-3-6-14/h1-7,10,13,16,19-20H,8-9,11-12H2,(H,24,28). The summed E-state index contributed by atoms with van der Waals surface area (Å²) in [5, 5.41) is 7.25. The van der Waals surface area contributed by atoms with Gasteiger partial charge in [0.1, 0.15) is 29.4 Å². The van der Waals surface area contributed by atoms with Crippen LogP contribution in [0, 0.1) is 0 Å². The van der Waals surface area contributed by atoms with Gasteiger partial charge in [-0.1, -0.05) is 36.4 Å². The molecule has 3 aromatic rings. The summed E-state index contributed by atoms with van der Waals surface area (Å²) in [4.78, 5) is 45.8. The van der Waals surface area contributed by atoms with Crippen molar-refractivity contribution in [2.75, 3.05) is 13.2 Å². The molecule has 9 heteroatoms. The zero-order chi connectivity index (χ0) is 22.1. The van der Waals surface area contributed by atoms with E-state index in [1.165, 1.54) is 22.7 Å². The van der Waals surface area contributed by atoms with Crippen molar-refractivity contribution in [3.8, 4) is 10.6 Å². The summed E-state index contributed by atoms with van der Waals surface area (Å²) in [6, 6.07) is 12.2. The van der Waals surface area contributed by atoms with E-state index in [2.05, 4.69) is 10.3 Å². The average Bonchev–Trinajstić information content (AvgIpc) is 3.60. The lowest BCUT2D eigenvalue weighted by Crippen LogP contribution is -2.53. The molecule has 0 aliphatic carbocycles. The van der Waals surface area contributed by atoms with E-state index in [-0.39, 0.29) is 30.1 Å². The van der Waals surface area contributed by atoms with Crippen LogP contribution in [0.25, 0.3) is 10.6 Å². The molecule has 2 aromatic heterocycles. The summed E-state index contributed by atoms with van der Waals surface area (Å²) < 4.78 is 5.51. The fraction of sp³-hybridized carbons (Fsp3) is 0.304. The van der Waals surface area contributed by atoms with Crippen molar-refractivity contribution in [1.29, 1.82) is 0 Å². The highest BCUT2D eigenvalue weighted by atomic mass is 32.1. The number of ether oxygens (including phenoxy) is 1. The third-order valence-electron chi connectivity index (χ3n) is 5.74. The Bertz CT molecular complexity index is 1130. The van der Waals surface area contributed by atoms with E-state index < -0.39 is 18.0 Å². The fourth-order valence-corrected chi connectivity index (χ4v) is 5.75. The number of nitrogens with one attached hydrogen (secondary N) is 1. The van der Waals surface area contributed by atoms with Crippen molar-refractivity contribution < 1.29 is 19.1 Å². The number of hydrogen-bond donors (Lipinski definition) is 1. The summed E-state index contributed by atoms with van der Waals surface area (Å²) >= 11 is 2.91. The van der Waals surface area contributed by atoms with Crippen LogP contribution in [0.4, 0.5) is 0 Å². The fourth-order valence-electron chi connectivity index (χ4n) is 4.20. The van der Waals surface area contributed by atoms with Crippen LogP contribution < -0.4 is 5.32 Å². The van der Waals surface area contributed by atoms with Crippen molar-refractivity contribution in [1.82, 2.24) is 15.2 Å². The summed E-state index contributed by atoms with van der Waals surface area (Å²) in [6.45, 7) is 0.494. The molecular weight excluding hydrogens is 446 g/mol. The second-order valence-corrected chi connectivity index (χ2v) is 9.68. The van der Waals surface area contributed by atoms with Gasteiger partial charge < -0.3 is 15.0 Å². The number of ketones is 1. The molecule has 32 heavy (non-hydrogen) atoms. The molecule has 2 saturated heterocycles. The first-order valence-corrected chi connectivity index (χ1v) is 12.1. The highest BCUT2D eigenvalue weighted by molar-refractivity contribution is 7.13. The maximum atomic E-state index is 13.4. The number of aromatic nitrogens is 1. The second-order valence-electron chi connectivity index (χ2n) is 7.79. The van der Waals surface area contributed by atoms with Gasteiger partial charge in [0.05, 0.1) is 6.10 Å². The number of thiazole rings is 1. The second kappa shape index (κ2) is 8.93. The van der Waals surface area contributed by atoms with Crippen molar-refractivity contribution in [2.45, 2.75) is 31.0 Å². The van der Waals surface area contributed by atoms with Gasteiger partial charge in [0.25, 0.3) is 5.91 Å². The van der Waals surface area contributed by atoms with Crippen LogP contribution in [0.2, 0.25) is 0 Å². The van der Waals surface area contributed by atoms with E-state index in [4.69, 9.17) is 4.74 Å². The number of benzene rings is 1. The van der Waals surface area contributed by atoms with Gasteiger partial charge >= 0.3 is 0 Å². The molecule has 0 saturated carbocycles. The van der Waals surface area contributed by atoms with Crippen molar-refractivity contribution in [3.63, 3.8) is 0 Å². The van der Waals surface area contributed by atoms with Crippen LogP contribution in [0.3, 0.4) is 0 Å². The first-order valence-electron chi connectivity index (χ1n) is 10.4. The molecule has 0 radical (unpaired) electrons. The Morgan fingerprint density at radius 2 is 2.03 bits per heavy atom. The zero-order valence-corrected chi connectivity index (χ0v) is 18.7. The van der Waals surface area contributed by atoms with Crippen molar-refractivity contribution in [3.05, 3.63) is 63.8 Å². The van der Waals surface area contributed by atoms with E-state index >= 15 is 0 Å². The van der Waals surface area contributed by atoms with E-state index in [1.807, 2.05) is 47.8 Å². The molecule has 7 nitrogen and oxygen atoms in total. The summed E-state index contributed by atoms with van der Waals surface area (Å²) in [5.41, 5.74) is 1.21. The SMILES string of the molecule is O=C(NC(Cc1cccs1)C(=O)N1CCC2OCC(=O)C21)c1csc(-c2ccccc2)n1. The zero-order valence-electron chi connectivity index (χ0n) is 17.1. The molecule has 2 fully saturated rings. The predicted molar refractivity (Wildman–Crippen MR) is 122 cm³/mol. The summed E-state index contributed by atoms with van der Waals surface area (Å²) in [7, 11) is 0. The van der Waals surface area contributed by atoms with Crippen LogP contribution in [0.5, 0.6) is 0 Å². The van der Waals surface area contributed by atoms with Crippen LogP contribution in [-0.2, 0) is 20.7 Å². The van der Waals surface area contributed by atoms with Crippen molar-refractivity contribution in [2.24, 2.45) is 0 Å². The minimum atomic E-state index is -0.782. The molecule has 4 heterocycles. The van der Waals surface area contributed by atoms with Gasteiger partial charge in [-0.05, 0) is 17.9 Å². The molecule has 1 N–H and O–H groups in total. The van der Waals surface area contributed by atoms with E-state index in [1.54, 1.807) is 10.3 Å². The van der Waals surface area contributed by atoms with E-state index in [9.17, 15) is 14.4 Å². The van der Waals surface area contributed by atoms with Gasteiger partial charge in [-0.25, -0.2) is 4.98 Å². The average molecular weight is 468 g/mol. The van der Waals surface area contributed by atoms with Gasteiger partial charge in [0, 0.05) is 28.8 Å². The highest BCUT2D eigenvalue weighted by Crippen LogP contribution is 2.28. The maximum absolute atomic E-state index is 13.4. The number of nitrogens with zero attached hydrogens (tertiary/aromatic N) is 2. The first-order chi connectivity index (χ1) is 15.6. The highest BCUT2D eigenvalue weighted by Gasteiger charge is 2.48. The molecule has 2 aliphatic heterocycles. The number of carbonyl (C=O) groups excluding carboxylic acids is 3. The Kier molecular flexibility index (Phi) is 5.86. The van der Waals surface area contributed by atoms with Gasteiger partial charge in [-0.15, -0.1) is 22.7 Å². The van der Waals surface area contributed by atoms with Crippen LogP contribution in [-0.4, -0.2) is 58.8 Å². The Morgan fingerprint density at radius 3 is 2.81 bits per heavy atom.